The molecule has 0 atom stereocenters. The molecule has 5 rings (SSSR count). The van der Waals surface area contributed by atoms with Crippen LogP contribution in [0.5, 0.6) is 11.6 Å². The molecule has 0 fully saturated rings. The number of benzene rings is 3. The highest BCUT2D eigenvalue weighted by Crippen LogP contribution is 2.39. The van der Waals surface area contributed by atoms with Crippen molar-refractivity contribution in [3.05, 3.63) is 96.6 Å². The van der Waals surface area contributed by atoms with Crippen molar-refractivity contribution in [3.8, 4) is 33.5 Å². The highest BCUT2D eigenvalue weighted by Gasteiger charge is 2.16. The highest BCUT2D eigenvalue weighted by molar-refractivity contribution is 7.21. The summed E-state index contributed by atoms with van der Waals surface area (Å²) in [4.78, 5) is 23.5. The molecule has 0 spiro atoms. The number of carbonyl (C=O) groups excluding carboxylic acids is 1. The Bertz CT molecular complexity index is 1380. The van der Waals surface area contributed by atoms with Gasteiger partial charge in [-0.3, -0.25) is 4.79 Å². The van der Waals surface area contributed by atoms with Crippen molar-refractivity contribution >= 4 is 27.3 Å². The van der Waals surface area contributed by atoms with Crippen LogP contribution in [-0.2, 0) is 0 Å². The summed E-state index contributed by atoms with van der Waals surface area (Å²) in [6.07, 6.45) is 0.477. The summed E-state index contributed by atoms with van der Waals surface area (Å²) in [6, 6.07) is 29.4. The van der Waals surface area contributed by atoms with Gasteiger partial charge in [0.2, 0.25) is 5.88 Å². The van der Waals surface area contributed by atoms with Crippen molar-refractivity contribution < 1.29 is 9.53 Å². The first-order valence-electron chi connectivity index (χ1n) is 10.4. The Hall–Kier alpha value is -3.83. The monoisotopic (exact) mass is 436 g/mol. The van der Waals surface area contributed by atoms with Crippen LogP contribution in [0, 0.1) is 0 Å². The molecule has 0 N–H and O–H groups in total. The fourth-order valence-corrected chi connectivity index (χ4v) is 4.49. The van der Waals surface area contributed by atoms with Gasteiger partial charge >= 0.3 is 0 Å². The van der Waals surface area contributed by atoms with Crippen LogP contribution in [0.2, 0.25) is 0 Å². The number of rotatable bonds is 6. The molecular weight excluding hydrogens is 416 g/mol. The second-order valence-electron chi connectivity index (χ2n) is 7.32. The Balaban J connectivity index is 1.60. The van der Waals surface area contributed by atoms with Crippen LogP contribution in [0.15, 0.2) is 91.0 Å². The lowest BCUT2D eigenvalue weighted by Crippen LogP contribution is -1.97. The molecule has 2 aromatic heterocycles. The molecule has 0 aliphatic heterocycles. The normalized spacial score (nSPS) is 10.9. The maximum atomic E-state index is 11.9. The van der Waals surface area contributed by atoms with Crippen molar-refractivity contribution in [2.45, 2.75) is 13.3 Å². The molecule has 0 radical (unpaired) electrons. The second-order valence-corrected chi connectivity index (χ2v) is 8.35. The number of hydrogen-bond acceptors (Lipinski definition) is 5. The van der Waals surface area contributed by atoms with Gasteiger partial charge in [0.15, 0.2) is 11.6 Å². The lowest BCUT2D eigenvalue weighted by Gasteiger charge is -2.09. The zero-order chi connectivity index (χ0) is 21.9. The van der Waals surface area contributed by atoms with E-state index in [1.54, 1.807) is 23.5 Å². The summed E-state index contributed by atoms with van der Waals surface area (Å²) < 4.78 is 6.22. The van der Waals surface area contributed by atoms with Gasteiger partial charge in [-0.05, 0) is 35.9 Å². The van der Waals surface area contributed by atoms with Crippen LogP contribution in [-0.4, -0.2) is 15.8 Å². The Morgan fingerprint density at radius 1 is 0.844 bits per heavy atom. The molecule has 0 saturated heterocycles. The van der Waals surface area contributed by atoms with E-state index in [1.807, 2.05) is 67.6 Å². The van der Waals surface area contributed by atoms with E-state index in [2.05, 4.69) is 18.2 Å². The predicted molar refractivity (Wildman–Crippen MR) is 129 cm³/mol. The van der Waals surface area contributed by atoms with Crippen molar-refractivity contribution in [2.24, 2.45) is 0 Å². The van der Waals surface area contributed by atoms with Crippen LogP contribution in [0.4, 0.5) is 0 Å². The molecule has 0 saturated carbocycles. The highest BCUT2D eigenvalue weighted by atomic mass is 32.1. The van der Waals surface area contributed by atoms with Crippen LogP contribution < -0.4 is 4.74 Å². The van der Waals surface area contributed by atoms with Gasteiger partial charge in [-0.2, -0.15) is 4.98 Å². The molecule has 156 valence electrons. The summed E-state index contributed by atoms with van der Waals surface area (Å²) in [5.74, 6) is 1.86. The molecule has 0 aliphatic rings. The average Bonchev–Trinajstić information content (AvgIpc) is 3.30. The Labute approximate surface area is 190 Å². The molecule has 3 aromatic carbocycles. The summed E-state index contributed by atoms with van der Waals surface area (Å²) in [7, 11) is 0. The minimum atomic E-state index is 0.109. The number of aromatic nitrogens is 2. The summed E-state index contributed by atoms with van der Waals surface area (Å²) >= 11 is 1.62. The van der Waals surface area contributed by atoms with Crippen molar-refractivity contribution in [1.29, 1.82) is 0 Å². The fraction of sp³-hybridized carbons (Fsp3) is 0.0741. The molecule has 2 heterocycles. The van der Waals surface area contributed by atoms with E-state index in [0.717, 1.165) is 26.2 Å². The van der Waals surface area contributed by atoms with Gasteiger partial charge in [-0.1, -0.05) is 67.6 Å². The minimum Gasteiger partial charge on any atom is -0.438 e. The van der Waals surface area contributed by atoms with Gasteiger partial charge in [0.1, 0.15) is 10.6 Å². The molecule has 5 heteroatoms. The molecule has 0 bridgehead atoms. The third-order valence-corrected chi connectivity index (χ3v) is 6.24. The average molecular weight is 437 g/mol. The quantitative estimate of drug-likeness (QED) is 0.260. The largest absolute Gasteiger partial charge is 0.438 e. The van der Waals surface area contributed by atoms with E-state index in [1.165, 1.54) is 0 Å². The second kappa shape index (κ2) is 8.73. The first-order valence-corrected chi connectivity index (χ1v) is 11.3. The standard InChI is InChI=1S/C27H20N2O2S/c1-2-23(30)18-13-15-21(16-14-18)31-26-22-17-24(19-9-5-3-6-10-19)32-27(22)29-25(28-26)20-11-7-4-8-12-20/h3-17H,2H2,1H3. The van der Waals surface area contributed by atoms with Crippen LogP contribution in [0.25, 0.3) is 32.0 Å². The third-order valence-electron chi connectivity index (χ3n) is 5.16. The number of Topliss-reactive ketones (excluding diaryl/α,β-unsaturated/α-hetero) is 1. The smallest absolute Gasteiger partial charge is 0.231 e. The molecular formula is C27H20N2O2S. The third kappa shape index (κ3) is 4.03. The van der Waals surface area contributed by atoms with E-state index in [4.69, 9.17) is 14.7 Å². The summed E-state index contributed by atoms with van der Waals surface area (Å²) in [5, 5.41) is 0.863. The molecule has 0 aliphatic carbocycles. The zero-order valence-electron chi connectivity index (χ0n) is 17.5. The molecule has 0 unspecified atom stereocenters. The maximum absolute atomic E-state index is 11.9. The number of ketones is 1. The number of nitrogens with zero attached hydrogens (tertiary/aromatic N) is 2. The van der Waals surface area contributed by atoms with Crippen LogP contribution in [0.3, 0.4) is 0 Å². The van der Waals surface area contributed by atoms with E-state index < -0.39 is 0 Å². The van der Waals surface area contributed by atoms with Gasteiger partial charge in [-0.25, -0.2) is 4.98 Å². The number of carbonyl (C=O) groups is 1. The molecule has 4 nitrogen and oxygen atoms in total. The van der Waals surface area contributed by atoms with E-state index in [-0.39, 0.29) is 5.78 Å². The Kier molecular flexibility index (Phi) is 5.48. The maximum Gasteiger partial charge on any atom is 0.231 e. The van der Waals surface area contributed by atoms with Crippen LogP contribution >= 0.6 is 11.3 Å². The zero-order valence-corrected chi connectivity index (χ0v) is 18.3. The first kappa shape index (κ1) is 20.1. The summed E-state index contributed by atoms with van der Waals surface area (Å²) in [6.45, 7) is 1.86. The SMILES string of the molecule is CCC(=O)c1ccc(Oc2nc(-c3ccccc3)nc3sc(-c4ccccc4)cc23)cc1. The predicted octanol–water partition coefficient (Wildman–Crippen LogP) is 7.41. The lowest BCUT2D eigenvalue weighted by atomic mass is 10.1. The van der Waals surface area contributed by atoms with Crippen molar-refractivity contribution in [1.82, 2.24) is 9.97 Å². The number of thiophene rings is 1. The fourth-order valence-electron chi connectivity index (χ4n) is 3.46. The van der Waals surface area contributed by atoms with Crippen LogP contribution in [0.1, 0.15) is 23.7 Å². The molecule has 0 amide bonds. The van der Waals surface area contributed by atoms with Gasteiger partial charge in [0.05, 0.1) is 5.39 Å². The summed E-state index contributed by atoms with van der Waals surface area (Å²) in [5.41, 5.74) is 2.74. The lowest BCUT2D eigenvalue weighted by molar-refractivity contribution is 0.0988. The number of fused-ring (bicyclic) bond motifs is 1. The Morgan fingerprint density at radius 3 is 2.16 bits per heavy atom. The number of ether oxygens (including phenoxy) is 1. The van der Waals surface area contributed by atoms with Gasteiger partial charge in [-0.15, -0.1) is 11.3 Å². The molecule has 32 heavy (non-hydrogen) atoms. The topological polar surface area (TPSA) is 52.1 Å². The van der Waals surface area contributed by atoms with Gasteiger partial charge in [0.25, 0.3) is 0 Å². The Morgan fingerprint density at radius 2 is 1.50 bits per heavy atom. The van der Waals surface area contributed by atoms with E-state index >= 15 is 0 Å². The van der Waals surface area contributed by atoms with E-state index in [0.29, 0.717) is 29.4 Å². The van der Waals surface area contributed by atoms with E-state index in [9.17, 15) is 4.79 Å². The van der Waals surface area contributed by atoms with Crippen molar-refractivity contribution in [2.75, 3.05) is 0 Å². The number of hydrogen-bond donors (Lipinski definition) is 0. The molecule has 5 aromatic rings. The first-order chi connectivity index (χ1) is 15.7. The van der Waals surface area contributed by atoms with Gasteiger partial charge < -0.3 is 4.74 Å². The van der Waals surface area contributed by atoms with Gasteiger partial charge in [0, 0.05) is 22.4 Å². The van der Waals surface area contributed by atoms with Crippen molar-refractivity contribution in [3.63, 3.8) is 0 Å². The minimum absolute atomic E-state index is 0.109.